The smallest absolute Gasteiger partial charge is 0.275 e. The predicted molar refractivity (Wildman–Crippen MR) is 85.7 cm³/mol. The van der Waals surface area contributed by atoms with Crippen LogP contribution in [-0.4, -0.2) is 15.7 Å². The third kappa shape index (κ3) is 3.01. The molecular weight excluding hydrogens is 316 g/mol. The van der Waals surface area contributed by atoms with Crippen molar-refractivity contribution in [2.75, 3.05) is 5.32 Å². The van der Waals surface area contributed by atoms with E-state index < -0.39 is 23.1 Å². The van der Waals surface area contributed by atoms with Gasteiger partial charge in [0, 0.05) is 17.1 Å². The van der Waals surface area contributed by atoms with Crippen LogP contribution in [0.25, 0.3) is 10.8 Å². The van der Waals surface area contributed by atoms with Crippen molar-refractivity contribution in [2.45, 2.75) is 13.5 Å². The predicted octanol–water partition coefficient (Wildman–Crippen LogP) is 2.62. The Morgan fingerprint density at radius 1 is 1.12 bits per heavy atom. The van der Waals surface area contributed by atoms with Gasteiger partial charge in [-0.1, -0.05) is 18.2 Å². The molecule has 0 saturated carbocycles. The van der Waals surface area contributed by atoms with Crippen molar-refractivity contribution in [3.05, 3.63) is 70.1 Å². The summed E-state index contributed by atoms with van der Waals surface area (Å²) in [7, 11) is 0. The normalized spacial score (nSPS) is 10.8. The summed E-state index contributed by atoms with van der Waals surface area (Å²) in [6.45, 7) is 1.41. The van der Waals surface area contributed by atoms with Gasteiger partial charge in [0.2, 0.25) is 5.91 Å². The fraction of sp³-hybridized carbons (Fsp3) is 0.118. The summed E-state index contributed by atoms with van der Waals surface area (Å²) in [4.78, 5) is 24.4. The number of nitrogens with one attached hydrogen (secondary N) is 1. The number of hydrogen-bond acceptors (Lipinski definition) is 3. The molecule has 0 fully saturated rings. The fourth-order valence-electron chi connectivity index (χ4n) is 2.42. The van der Waals surface area contributed by atoms with Crippen LogP contribution in [-0.2, 0) is 11.3 Å². The number of carbonyl (C=O) groups is 1. The first-order valence-corrected chi connectivity index (χ1v) is 7.17. The standard InChI is InChI=1S/C17H13F2N3O2/c1-10-12-4-2-3-5-13(12)17(24)22(21-10)9-16(23)20-11-6-7-14(18)15(19)8-11/h2-8H,9H2,1H3,(H,20,23). The first kappa shape index (κ1) is 15.8. The molecule has 5 nitrogen and oxygen atoms in total. The maximum Gasteiger partial charge on any atom is 0.275 e. The summed E-state index contributed by atoms with van der Waals surface area (Å²) >= 11 is 0. The molecule has 1 N–H and O–H groups in total. The van der Waals surface area contributed by atoms with E-state index in [9.17, 15) is 18.4 Å². The van der Waals surface area contributed by atoms with E-state index in [-0.39, 0.29) is 12.2 Å². The highest BCUT2D eigenvalue weighted by atomic mass is 19.2. The SMILES string of the molecule is Cc1nn(CC(=O)Nc2ccc(F)c(F)c2)c(=O)c2ccccc12. The second-order valence-corrected chi connectivity index (χ2v) is 5.27. The van der Waals surface area contributed by atoms with Crippen molar-refractivity contribution < 1.29 is 13.6 Å². The van der Waals surface area contributed by atoms with Crippen LogP contribution in [0.3, 0.4) is 0 Å². The average Bonchev–Trinajstić information content (AvgIpc) is 2.56. The molecule has 0 saturated heterocycles. The molecule has 1 heterocycles. The maximum atomic E-state index is 13.2. The van der Waals surface area contributed by atoms with E-state index in [0.29, 0.717) is 11.1 Å². The minimum absolute atomic E-state index is 0.101. The van der Waals surface area contributed by atoms with Crippen molar-refractivity contribution >= 4 is 22.4 Å². The molecule has 0 bridgehead atoms. The lowest BCUT2D eigenvalue weighted by Crippen LogP contribution is -2.30. The van der Waals surface area contributed by atoms with Crippen LogP contribution in [0.1, 0.15) is 5.69 Å². The third-order valence-corrected chi connectivity index (χ3v) is 3.55. The van der Waals surface area contributed by atoms with Crippen molar-refractivity contribution in [1.29, 1.82) is 0 Å². The Morgan fingerprint density at radius 2 is 1.83 bits per heavy atom. The number of halogens is 2. The first-order valence-electron chi connectivity index (χ1n) is 7.17. The first-order chi connectivity index (χ1) is 11.5. The summed E-state index contributed by atoms with van der Waals surface area (Å²) in [6, 6.07) is 10.00. The Balaban J connectivity index is 1.86. The lowest BCUT2D eigenvalue weighted by molar-refractivity contribution is -0.117. The number of amides is 1. The number of aromatic nitrogens is 2. The van der Waals surface area contributed by atoms with E-state index in [2.05, 4.69) is 10.4 Å². The molecule has 0 spiro atoms. The van der Waals surface area contributed by atoms with Crippen molar-refractivity contribution in [2.24, 2.45) is 0 Å². The number of carbonyl (C=O) groups excluding carboxylic acids is 1. The van der Waals surface area contributed by atoms with Crippen LogP contribution in [0.2, 0.25) is 0 Å². The van der Waals surface area contributed by atoms with Crippen LogP contribution in [0.4, 0.5) is 14.5 Å². The van der Waals surface area contributed by atoms with Crippen molar-refractivity contribution in [3.63, 3.8) is 0 Å². The van der Waals surface area contributed by atoms with Gasteiger partial charge >= 0.3 is 0 Å². The minimum Gasteiger partial charge on any atom is -0.324 e. The zero-order chi connectivity index (χ0) is 17.3. The largest absolute Gasteiger partial charge is 0.324 e. The van der Waals surface area contributed by atoms with Gasteiger partial charge in [-0.05, 0) is 25.1 Å². The van der Waals surface area contributed by atoms with E-state index >= 15 is 0 Å². The maximum absolute atomic E-state index is 13.2. The van der Waals surface area contributed by atoms with Gasteiger partial charge in [-0.2, -0.15) is 5.10 Å². The van der Waals surface area contributed by atoms with Gasteiger partial charge in [0.15, 0.2) is 11.6 Å². The summed E-state index contributed by atoms with van der Waals surface area (Å²) in [5.41, 5.74) is 0.326. The number of anilines is 1. The molecular formula is C17H13F2N3O2. The molecule has 24 heavy (non-hydrogen) atoms. The Hall–Kier alpha value is -3.09. The van der Waals surface area contributed by atoms with Crippen LogP contribution in [0.15, 0.2) is 47.3 Å². The molecule has 3 rings (SSSR count). The number of hydrogen-bond donors (Lipinski definition) is 1. The number of aryl methyl sites for hydroxylation is 1. The Morgan fingerprint density at radius 3 is 2.54 bits per heavy atom. The van der Waals surface area contributed by atoms with Gasteiger partial charge in [0.1, 0.15) is 6.54 Å². The number of nitrogens with zero attached hydrogens (tertiary/aromatic N) is 2. The molecule has 7 heteroatoms. The highest BCUT2D eigenvalue weighted by Gasteiger charge is 2.12. The van der Waals surface area contributed by atoms with Gasteiger partial charge in [0.25, 0.3) is 5.56 Å². The van der Waals surface area contributed by atoms with E-state index in [4.69, 9.17) is 0 Å². The van der Waals surface area contributed by atoms with E-state index in [0.717, 1.165) is 22.2 Å². The molecule has 0 radical (unpaired) electrons. The summed E-state index contributed by atoms with van der Waals surface area (Å²) < 4.78 is 27.1. The zero-order valence-corrected chi connectivity index (χ0v) is 12.7. The zero-order valence-electron chi connectivity index (χ0n) is 12.7. The van der Waals surface area contributed by atoms with Crippen LogP contribution >= 0.6 is 0 Å². The Labute approximate surface area is 135 Å². The third-order valence-electron chi connectivity index (χ3n) is 3.55. The average molecular weight is 329 g/mol. The lowest BCUT2D eigenvalue weighted by atomic mass is 10.1. The quantitative estimate of drug-likeness (QED) is 0.803. The molecule has 122 valence electrons. The molecule has 0 aliphatic heterocycles. The molecule has 0 aliphatic rings. The summed E-state index contributed by atoms with van der Waals surface area (Å²) in [5.74, 6) is -2.63. The van der Waals surface area contributed by atoms with Crippen LogP contribution in [0.5, 0.6) is 0 Å². The Bertz CT molecular complexity index is 999. The molecule has 3 aromatic rings. The molecule has 0 unspecified atom stereocenters. The summed E-state index contributed by atoms with van der Waals surface area (Å²) in [6.07, 6.45) is 0. The molecule has 1 amide bonds. The van der Waals surface area contributed by atoms with Gasteiger partial charge in [0.05, 0.1) is 11.1 Å². The van der Waals surface area contributed by atoms with Crippen molar-refractivity contribution in [3.8, 4) is 0 Å². The number of fused-ring (bicyclic) bond motifs is 1. The highest BCUT2D eigenvalue weighted by Crippen LogP contribution is 2.14. The molecule has 0 atom stereocenters. The van der Waals surface area contributed by atoms with Gasteiger partial charge in [-0.15, -0.1) is 0 Å². The monoisotopic (exact) mass is 329 g/mol. The lowest BCUT2D eigenvalue weighted by Gasteiger charge is -2.09. The summed E-state index contributed by atoms with van der Waals surface area (Å²) in [5, 5.41) is 7.72. The van der Waals surface area contributed by atoms with Gasteiger partial charge in [-0.25, -0.2) is 13.5 Å². The number of benzene rings is 2. The van der Waals surface area contributed by atoms with Crippen molar-refractivity contribution in [1.82, 2.24) is 9.78 Å². The highest BCUT2D eigenvalue weighted by molar-refractivity contribution is 5.90. The van der Waals surface area contributed by atoms with Crippen LogP contribution in [0, 0.1) is 18.6 Å². The van der Waals surface area contributed by atoms with E-state index in [1.54, 1.807) is 31.2 Å². The Kier molecular flexibility index (Phi) is 4.07. The second kappa shape index (κ2) is 6.19. The topological polar surface area (TPSA) is 64.0 Å². The van der Waals surface area contributed by atoms with E-state index in [1.807, 2.05) is 0 Å². The van der Waals surface area contributed by atoms with Gasteiger partial charge < -0.3 is 5.32 Å². The molecule has 0 aliphatic carbocycles. The minimum atomic E-state index is -1.07. The molecule has 2 aromatic carbocycles. The molecule has 1 aromatic heterocycles. The van der Waals surface area contributed by atoms with Gasteiger partial charge in [-0.3, -0.25) is 9.59 Å². The number of rotatable bonds is 3. The van der Waals surface area contributed by atoms with E-state index in [1.165, 1.54) is 6.07 Å². The fourth-order valence-corrected chi connectivity index (χ4v) is 2.42. The second-order valence-electron chi connectivity index (χ2n) is 5.27. The van der Waals surface area contributed by atoms with Crippen LogP contribution < -0.4 is 10.9 Å².